The lowest BCUT2D eigenvalue weighted by molar-refractivity contribution is -0.931. The summed E-state index contributed by atoms with van der Waals surface area (Å²) >= 11 is 6.07. The third-order valence-electron chi connectivity index (χ3n) is 5.41. The zero-order valence-electron chi connectivity index (χ0n) is 16.8. The van der Waals surface area contributed by atoms with Gasteiger partial charge in [-0.25, -0.2) is 0 Å². The van der Waals surface area contributed by atoms with E-state index in [4.69, 9.17) is 20.8 Å². The molecule has 6 nitrogen and oxygen atoms in total. The lowest BCUT2D eigenvalue weighted by Gasteiger charge is -2.36. The molecule has 1 aromatic heterocycles. The molecule has 4 rings (SSSR count). The second kappa shape index (κ2) is 8.84. The van der Waals surface area contributed by atoms with Crippen LogP contribution in [0.1, 0.15) is 25.8 Å². The average Bonchev–Trinajstić information content (AvgIpc) is 3.24. The summed E-state index contributed by atoms with van der Waals surface area (Å²) in [6.45, 7) is 8.74. The first-order valence-electron chi connectivity index (χ1n) is 10.1. The van der Waals surface area contributed by atoms with Crippen molar-refractivity contribution in [2.75, 3.05) is 37.7 Å². The van der Waals surface area contributed by atoms with Crippen LogP contribution in [0.4, 0.5) is 5.69 Å². The third-order valence-corrected chi connectivity index (χ3v) is 5.64. The highest BCUT2D eigenvalue weighted by Crippen LogP contribution is 2.28. The van der Waals surface area contributed by atoms with E-state index in [1.165, 1.54) is 10.6 Å². The predicted molar refractivity (Wildman–Crippen MR) is 114 cm³/mol. The van der Waals surface area contributed by atoms with Crippen LogP contribution in [0.2, 0.25) is 5.02 Å². The first-order chi connectivity index (χ1) is 14.2. The Bertz CT molecular complexity index is 953. The number of benzene rings is 2. The van der Waals surface area contributed by atoms with E-state index in [9.17, 15) is 0 Å². The molecular formula is C22H26ClN4O2+. The Balaban J connectivity index is 1.42. The van der Waals surface area contributed by atoms with Crippen molar-refractivity contribution in [1.29, 1.82) is 0 Å². The Morgan fingerprint density at radius 1 is 1.14 bits per heavy atom. The molecule has 7 heteroatoms. The van der Waals surface area contributed by atoms with Gasteiger partial charge in [0.05, 0.1) is 38.5 Å². The fraction of sp³-hybridized carbons (Fsp3) is 0.364. The summed E-state index contributed by atoms with van der Waals surface area (Å²) in [5.41, 5.74) is 2.01. The smallest absolute Gasteiger partial charge is 0.274 e. The van der Waals surface area contributed by atoms with Crippen molar-refractivity contribution in [1.82, 2.24) is 10.2 Å². The first-order valence-corrected chi connectivity index (χ1v) is 10.4. The molecule has 3 aromatic rings. The highest BCUT2D eigenvalue weighted by Gasteiger charge is 2.30. The highest BCUT2D eigenvalue weighted by atomic mass is 35.5. The SMILES string of the molecule is CCOc1ccccc1N1CC[NH+]([C@@H](C)c2nnc(-c3cccc(Cl)c3)o2)CC1. The van der Waals surface area contributed by atoms with Gasteiger partial charge in [0.25, 0.3) is 5.89 Å². The zero-order valence-corrected chi connectivity index (χ0v) is 17.5. The number of nitrogens with zero attached hydrogens (tertiary/aromatic N) is 3. The molecule has 1 aliphatic rings. The fourth-order valence-electron chi connectivity index (χ4n) is 3.79. The summed E-state index contributed by atoms with van der Waals surface area (Å²) in [4.78, 5) is 3.84. The van der Waals surface area contributed by atoms with Gasteiger partial charge in [-0.2, -0.15) is 0 Å². The zero-order chi connectivity index (χ0) is 20.2. The van der Waals surface area contributed by atoms with Crippen LogP contribution in [0.5, 0.6) is 5.75 Å². The normalized spacial score (nSPS) is 16.0. The molecule has 0 bridgehead atoms. The molecule has 2 heterocycles. The van der Waals surface area contributed by atoms with E-state index in [0.29, 0.717) is 23.4 Å². The predicted octanol–water partition coefficient (Wildman–Crippen LogP) is 3.25. The minimum Gasteiger partial charge on any atom is -0.492 e. The van der Waals surface area contributed by atoms with Gasteiger partial charge in [-0.05, 0) is 44.2 Å². The van der Waals surface area contributed by atoms with Gasteiger partial charge < -0.3 is 19.0 Å². The van der Waals surface area contributed by atoms with E-state index in [-0.39, 0.29) is 6.04 Å². The molecule has 1 saturated heterocycles. The summed E-state index contributed by atoms with van der Waals surface area (Å²) in [6, 6.07) is 15.9. The number of quaternary nitrogens is 1. The highest BCUT2D eigenvalue weighted by molar-refractivity contribution is 6.30. The van der Waals surface area contributed by atoms with E-state index in [1.807, 2.05) is 43.3 Å². The van der Waals surface area contributed by atoms with Gasteiger partial charge in [0.15, 0.2) is 6.04 Å². The van der Waals surface area contributed by atoms with Crippen molar-refractivity contribution >= 4 is 17.3 Å². The fourth-order valence-corrected chi connectivity index (χ4v) is 3.98. The molecule has 0 aliphatic carbocycles. The minimum atomic E-state index is 0.139. The standard InChI is InChI=1S/C22H25ClN4O2/c1-3-28-20-10-5-4-9-19(20)27-13-11-26(12-14-27)16(2)21-24-25-22(29-21)17-7-6-8-18(23)15-17/h4-10,15-16H,3,11-14H2,1-2H3/p+1/t16-/m0/s1. The summed E-state index contributed by atoms with van der Waals surface area (Å²) in [5, 5.41) is 9.18. The molecule has 1 fully saturated rings. The van der Waals surface area contributed by atoms with Crippen molar-refractivity contribution in [3.8, 4) is 17.2 Å². The molecule has 1 atom stereocenters. The maximum Gasteiger partial charge on any atom is 0.274 e. The minimum absolute atomic E-state index is 0.139. The van der Waals surface area contributed by atoms with E-state index < -0.39 is 0 Å². The number of nitrogens with one attached hydrogen (secondary N) is 1. The number of hydrogen-bond donors (Lipinski definition) is 1. The molecule has 152 valence electrons. The van der Waals surface area contributed by atoms with Gasteiger partial charge in [-0.15, -0.1) is 10.2 Å². The van der Waals surface area contributed by atoms with E-state index in [1.54, 1.807) is 0 Å². The van der Waals surface area contributed by atoms with Crippen LogP contribution in [-0.2, 0) is 0 Å². The van der Waals surface area contributed by atoms with Crippen molar-refractivity contribution in [2.45, 2.75) is 19.9 Å². The molecule has 2 aromatic carbocycles. The Morgan fingerprint density at radius 2 is 1.93 bits per heavy atom. The van der Waals surface area contributed by atoms with Gasteiger partial charge in [0.1, 0.15) is 5.75 Å². The van der Waals surface area contributed by atoms with Gasteiger partial charge in [0.2, 0.25) is 5.89 Å². The van der Waals surface area contributed by atoms with Crippen molar-refractivity contribution < 1.29 is 14.1 Å². The van der Waals surface area contributed by atoms with Crippen molar-refractivity contribution in [2.24, 2.45) is 0 Å². The van der Waals surface area contributed by atoms with Crippen LogP contribution in [0, 0.1) is 0 Å². The number of aromatic nitrogens is 2. The Kier molecular flexibility index (Phi) is 6.02. The summed E-state index contributed by atoms with van der Waals surface area (Å²) in [6.07, 6.45) is 0. The molecule has 0 spiro atoms. The second-order valence-electron chi connectivity index (χ2n) is 7.22. The lowest BCUT2D eigenvalue weighted by atomic mass is 10.2. The molecular weight excluding hydrogens is 388 g/mol. The van der Waals surface area contributed by atoms with E-state index in [0.717, 1.165) is 37.5 Å². The summed E-state index contributed by atoms with van der Waals surface area (Å²) in [5.74, 6) is 2.13. The van der Waals surface area contributed by atoms with Gasteiger partial charge in [-0.1, -0.05) is 29.8 Å². The van der Waals surface area contributed by atoms with Gasteiger partial charge in [-0.3, -0.25) is 0 Å². The van der Waals surface area contributed by atoms with Crippen molar-refractivity contribution in [3.05, 3.63) is 59.4 Å². The summed E-state index contributed by atoms with van der Waals surface area (Å²) < 4.78 is 11.8. The van der Waals surface area contributed by atoms with Gasteiger partial charge >= 0.3 is 0 Å². The van der Waals surface area contributed by atoms with Crippen LogP contribution in [0.15, 0.2) is 52.9 Å². The molecule has 0 radical (unpaired) electrons. The van der Waals surface area contributed by atoms with E-state index in [2.05, 4.69) is 34.2 Å². The third kappa shape index (κ3) is 4.38. The van der Waals surface area contributed by atoms with E-state index >= 15 is 0 Å². The van der Waals surface area contributed by atoms with Crippen LogP contribution in [-0.4, -0.2) is 43.0 Å². The monoisotopic (exact) mass is 413 g/mol. The molecule has 29 heavy (non-hydrogen) atoms. The maximum atomic E-state index is 6.07. The van der Waals surface area contributed by atoms with Crippen molar-refractivity contribution in [3.63, 3.8) is 0 Å². The molecule has 0 saturated carbocycles. The van der Waals surface area contributed by atoms with Crippen LogP contribution >= 0.6 is 11.6 Å². The second-order valence-corrected chi connectivity index (χ2v) is 7.66. The number of ether oxygens (including phenoxy) is 1. The summed E-state index contributed by atoms with van der Waals surface area (Å²) in [7, 11) is 0. The number of piperazine rings is 1. The van der Waals surface area contributed by atoms with Crippen LogP contribution in [0.3, 0.4) is 0 Å². The van der Waals surface area contributed by atoms with Crippen LogP contribution in [0.25, 0.3) is 11.5 Å². The lowest BCUT2D eigenvalue weighted by Crippen LogP contribution is -3.14. The molecule has 1 N–H and O–H groups in total. The number of anilines is 1. The Morgan fingerprint density at radius 3 is 2.69 bits per heavy atom. The number of para-hydroxylation sites is 2. The largest absolute Gasteiger partial charge is 0.492 e. The molecule has 1 aliphatic heterocycles. The topological polar surface area (TPSA) is 55.8 Å². The maximum absolute atomic E-state index is 6.07. The van der Waals surface area contributed by atoms with Crippen LogP contribution < -0.4 is 14.5 Å². The molecule has 0 unspecified atom stereocenters. The first kappa shape index (κ1) is 19.7. The van der Waals surface area contributed by atoms with Gasteiger partial charge in [0, 0.05) is 10.6 Å². The number of rotatable bonds is 6. The number of hydrogen-bond acceptors (Lipinski definition) is 5. The Hall–Kier alpha value is -2.57. The average molecular weight is 414 g/mol. The number of halogens is 1. The quantitative estimate of drug-likeness (QED) is 0.672. The Labute approximate surface area is 176 Å². The molecule has 0 amide bonds.